The van der Waals surface area contributed by atoms with E-state index in [9.17, 15) is 9.59 Å². The zero-order chi connectivity index (χ0) is 21.5. The molecule has 0 atom stereocenters. The van der Waals surface area contributed by atoms with Crippen molar-refractivity contribution in [1.29, 1.82) is 0 Å². The molecule has 0 bridgehead atoms. The summed E-state index contributed by atoms with van der Waals surface area (Å²) < 4.78 is 21.0. The molecule has 0 fully saturated rings. The van der Waals surface area contributed by atoms with Gasteiger partial charge in [-0.15, -0.1) is 0 Å². The third kappa shape index (κ3) is 4.43. The van der Waals surface area contributed by atoms with Gasteiger partial charge in [0.05, 0.1) is 21.3 Å². The highest BCUT2D eigenvalue weighted by atomic mass is 16.5. The molecule has 0 aliphatic carbocycles. The van der Waals surface area contributed by atoms with Crippen molar-refractivity contribution in [3.8, 4) is 28.4 Å². The van der Waals surface area contributed by atoms with E-state index in [1.807, 2.05) is 42.5 Å². The minimum Gasteiger partial charge on any atom is -0.493 e. The van der Waals surface area contributed by atoms with Crippen molar-refractivity contribution in [3.05, 3.63) is 77.9 Å². The lowest BCUT2D eigenvalue weighted by Gasteiger charge is -2.15. The van der Waals surface area contributed by atoms with Crippen LogP contribution in [0.1, 0.15) is 20.7 Å². The van der Waals surface area contributed by atoms with Crippen molar-refractivity contribution < 1.29 is 28.5 Å². The third-order valence-corrected chi connectivity index (χ3v) is 4.57. The average molecular weight is 406 g/mol. The predicted molar refractivity (Wildman–Crippen MR) is 113 cm³/mol. The first-order chi connectivity index (χ1) is 14.6. The van der Waals surface area contributed by atoms with Crippen LogP contribution in [0, 0.1) is 0 Å². The number of ether oxygens (including phenoxy) is 4. The van der Waals surface area contributed by atoms with Gasteiger partial charge in [0, 0.05) is 5.56 Å². The fourth-order valence-electron chi connectivity index (χ4n) is 3.03. The molecule has 3 aromatic rings. The Bertz CT molecular complexity index is 1030. The van der Waals surface area contributed by atoms with Crippen LogP contribution in [0.4, 0.5) is 0 Å². The van der Waals surface area contributed by atoms with Crippen LogP contribution in [0.25, 0.3) is 11.1 Å². The highest BCUT2D eigenvalue weighted by molar-refractivity contribution is 6.00. The number of hydrogen-bond donors (Lipinski definition) is 0. The SMILES string of the molecule is COc1ccc(C(=O)OCC(=O)c2ccc(-c3ccccc3)cc2)c(OC)c1OC. The summed E-state index contributed by atoms with van der Waals surface area (Å²) in [5.74, 6) is -0.122. The largest absolute Gasteiger partial charge is 0.493 e. The Labute approximate surface area is 175 Å². The number of methoxy groups -OCH3 is 3. The van der Waals surface area contributed by atoms with Crippen molar-refractivity contribution in [2.24, 2.45) is 0 Å². The highest BCUT2D eigenvalue weighted by Crippen LogP contribution is 2.39. The molecule has 0 N–H and O–H groups in total. The van der Waals surface area contributed by atoms with Crippen LogP contribution >= 0.6 is 0 Å². The van der Waals surface area contributed by atoms with Gasteiger partial charge in [-0.05, 0) is 23.3 Å². The van der Waals surface area contributed by atoms with Gasteiger partial charge in [-0.1, -0.05) is 54.6 Å². The van der Waals surface area contributed by atoms with Gasteiger partial charge in [-0.25, -0.2) is 4.79 Å². The Morgan fingerprint density at radius 1 is 0.700 bits per heavy atom. The molecule has 0 saturated heterocycles. The molecule has 0 heterocycles. The van der Waals surface area contributed by atoms with E-state index in [0.717, 1.165) is 11.1 Å². The summed E-state index contributed by atoms with van der Waals surface area (Å²) in [5, 5.41) is 0. The van der Waals surface area contributed by atoms with E-state index in [1.54, 1.807) is 18.2 Å². The molecule has 154 valence electrons. The van der Waals surface area contributed by atoms with Crippen molar-refractivity contribution in [3.63, 3.8) is 0 Å². The van der Waals surface area contributed by atoms with Crippen molar-refractivity contribution in [2.45, 2.75) is 0 Å². The molecule has 3 aromatic carbocycles. The van der Waals surface area contributed by atoms with Crippen LogP contribution in [0.2, 0.25) is 0 Å². The van der Waals surface area contributed by atoms with Gasteiger partial charge in [0.15, 0.2) is 23.9 Å². The van der Waals surface area contributed by atoms with Gasteiger partial charge < -0.3 is 18.9 Å². The molecule has 6 nitrogen and oxygen atoms in total. The van der Waals surface area contributed by atoms with Crippen LogP contribution in [-0.4, -0.2) is 39.7 Å². The number of benzene rings is 3. The lowest BCUT2D eigenvalue weighted by Crippen LogP contribution is -2.15. The number of esters is 1. The fraction of sp³-hybridized carbons (Fsp3) is 0.167. The second-order valence-electron chi connectivity index (χ2n) is 6.32. The Balaban J connectivity index is 1.70. The maximum absolute atomic E-state index is 12.5. The van der Waals surface area contributed by atoms with Gasteiger partial charge in [0.2, 0.25) is 5.75 Å². The summed E-state index contributed by atoms with van der Waals surface area (Å²) in [6.45, 7) is -0.388. The Morgan fingerprint density at radius 2 is 1.33 bits per heavy atom. The van der Waals surface area contributed by atoms with E-state index in [2.05, 4.69) is 0 Å². The van der Waals surface area contributed by atoms with Crippen LogP contribution in [0.3, 0.4) is 0 Å². The summed E-state index contributed by atoms with van der Waals surface area (Å²) in [4.78, 5) is 25.0. The normalized spacial score (nSPS) is 10.2. The minimum atomic E-state index is -0.693. The van der Waals surface area contributed by atoms with Crippen molar-refractivity contribution in [1.82, 2.24) is 0 Å². The molecular weight excluding hydrogens is 384 g/mol. The van der Waals surface area contributed by atoms with Gasteiger partial charge >= 0.3 is 5.97 Å². The second kappa shape index (κ2) is 9.60. The monoisotopic (exact) mass is 406 g/mol. The third-order valence-electron chi connectivity index (χ3n) is 4.57. The van der Waals surface area contributed by atoms with E-state index < -0.39 is 5.97 Å². The molecule has 30 heavy (non-hydrogen) atoms. The lowest BCUT2D eigenvalue weighted by molar-refractivity contribution is 0.0471. The number of Topliss-reactive ketones (excluding diaryl/α,β-unsaturated/α-hetero) is 1. The maximum Gasteiger partial charge on any atom is 0.342 e. The van der Waals surface area contributed by atoms with E-state index in [1.165, 1.54) is 27.4 Å². The summed E-state index contributed by atoms with van der Waals surface area (Å²) >= 11 is 0. The van der Waals surface area contributed by atoms with Crippen LogP contribution in [-0.2, 0) is 4.74 Å². The molecule has 0 saturated carbocycles. The number of rotatable bonds is 8. The predicted octanol–water partition coefficient (Wildman–Crippen LogP) is 4.42. The molecule has 3 rings (SSSR count). The number of carbonyl (C=O) groups excluding carboxylic acids is 2. The number of carbonyl (C=O) groups is 2. The standard InChI is InChI=1S/C24H22O6/c1-27-21-14-13-19(22(28-2)23(21)29-3)24(26)30-15-20(25)18-11-9-17(10-12-18)16-7-5-4-6-8-16/h4-14H,15H2,1-3H3. The topological polar surface area (TPSA) is 71.1 Å². The van der Waals surface area contributed by atoms with Crippen LogP contribution < -0.4 is 14.2 Å². The maximum atomic E-state index is 12.5. The fourth-order valence-corrected chi connectivity index (χ4v) is 3.03. The van der Waals surface area contributed by atoms with E-state index in [-0.39, 0.29) is 29.5 Å². The second-order valence-corrected chi connectivity index (χ2v) is 6.32. The average Bonchev–Trinajstić information content (AvgIpc) is 2.81. The quantitative estimate of drug-likeness (QED) is 0.407. The van der Waals surface area contributed by atoms with E-state index >= 15 is 0 Å². The number of hydrogen-bond acceptors (Lipinski definition) is 6. The first-order valence-electron chi connectivity index (χ1n) is 9.23. The zero-order valence-corrected chi connectivity index (χ0v) is 17.0. The Hall–Kier alpha value is -3.80. The molecule has 0 aliphatic rings. The Morgan fingerprint density at radius 3 is 1.93 bits per heavy atom. The summed E-state index contributed by atoms with van der Waals surface area (Å²) in [6.07, 6.45) is 0. The molecule has 0 unspecified atom stereocenters. The molecule has 0 aliphatic heterocycles. The lowest BCUT2D eigenvalue weighted by atomic mass is 10.0. The minimum absolute atomic E-state index is 0.141. The first kappa shape index (κ1) is 20.9. The smallest absolute Gasteiger partial charge is 0.342 e. The van der Waals surface area contributed by atoms with Gasteiger partial charge in [0.1, 0.15) is 5.56 Å². The summed E-state index contributed by atoms with van der Waals surface area (Å²) in [5.41, 5.74) is 2.66. The molecular formula is C24H22O6. The Kier molecular flexibility index (Phi) is 6.70. The van der Waals surface area contributed by atoms with E-state index in [4.69, 9.17) is 18.9 Å². The zero-order valence-electron chi connectivity index (χ0n) is 17.0. The summed E-state index contributed by atoms with van der Waals surface area (Å²) in [6, 6.07) is 20.1. The molecule has 0 amide bonds. The highest BCUT2D eigenvalue weighted by Gasteiger charge is 2.22. The van der Waals surface area contributed by atoms with Gasteiger partial charge in [-0.3, -0.25) is 4.79 Å². The van der Waals surface area contributed by atoms with Crippen LogP contribution in [0.15, 0.2) is 66.7 Å². The van der Waals surface area contributed by atoms with Crippen LogP contribution in [0.5, 0.6) is 17.2 Å². The van der Waals surface area contributed by atoms with Crippen molar-refractivity contribution >= 4 is 11.8 Å². The first-order valence-corrected chi connectivity index (χ1v) is 9.23. The molecule has 0 spiro atoms. The van der Waals surface area contributed by atoms with Gasteiger partial charge in [0.25, 0.3) is 0 Å². The van der Waals surface area contributed by atoms with Gasteiger partial charge in [-0.2, -0.15) is 0 Å². The molecule has 0 radical (unpaired) electrons. The number of ketones is 1. The molecule has 0 aromatic heterocycles. The summed E-state index contributed by atoms with van der Waals surface area (Å²) in [7, 11) is 4.34. The van der Waals surface area contributed by atoms with E-state index in [0.29, 0.717) is 11.3 Å². The molecule has 6 heteroatoms. The van der Waals surface area contributed by atoms with Crippen molar-refractivity contribution in [2.75, 3.05) is 27.9 Å².